The van der Waals surface area contributed by atoms with Gasteiger partial charge in [0, 0.05) is 12.1 Å². The van der Waals surface area contributed by atoms with Crippen LogP contribution in [0.1, 0.15) is 22.3 Å². The Balaban J connectivity index is 1.53. The maximum absolute atomic E-state index is 16.0. The van der Waals surface area contributed by atoms with Gasteiger partial charge in [0.25, 0.3) is 5.69 Å². The number of non-ortho nitro benzene ring substituents is 1. The Morgan fingerprint density at radius 1 is 0.600 bits per heavy atom. The molecule has 50 heavy (non-hydrogen) atoms. The fraction of sp³-hybridized carbons (Fsp3) is 0.146. The van der Waals surface area contributed by atoms with E-state index in [1.54, 1.807) is 14.2 Å². The zero-order valence-corrected chi connectivity index (χ0v) is 27.1. The quantitative estimate of drug-likeness (QED) is 0.102. The van der Waals surface area contributed by atoms with E-state index in [0.717, 1.165) is 4.90 Å². The third-order valence-electron chi connectivity index (χ3n) is 10.5. The van der Waals surface area contributed by atoms with Gasteiger partial charge in [-0.1, -0.05) is 91.0 Å². The number of rotatable bonds is 8. The molecule has 1 aliphatic heterocycles. The van der Waals surface area contributed by atoms with E-state index < -0.39 is 39.4 Å². The Morgan fingerprint density at radius 3 is 1.44 bits per heavy atom. The molecule has 0 aromatic heterocycles. The van der Waals surface area contributed by atoms with Crippen molar-refractivity contribution in [3.63, 3.8) is 0 Å². The number of Topliss-reactive ketones (excluding diaryl/α,β-unsaturated/α-hetero) is 1. The molecule has 5 aromatic rings. The van der Waals surface area contributed by atoms with Gasteiger partial charge >= 0.3 is 0 Å². The Kier molecular flexibility index (Phi) is 7.04. The number of amides is 2. The molecule has 246 valence electrons. The minimum atomic E-state index is -1.62. The summed E-state index contributed by atoms with van der Waals surface area (Å²) < 4.78 is 11.0. The summed E-state index contributed by atoms with van der Waals surface area (Å²) >= 11 is 0. The van der Waals surface area contributed by atoms with Crippen molar-refractivity contribution >= 4 is 40.1 Å². The van der Waals surface area contributed by atoms with E-state index in [1.807, 2.05) is 109 Å². The highest BCUT2D eigenvalue weighted by Gasteiger charge is 2.82. The van der Waals surface area contributed by atoms with E-state index >= 15 is 14.4 Å². The van der Waals surface area contributed by atoms with Crippen LogP contribution in [0.25, 0.3) is 11.1 Å². The van der Waals surface area contributed by atoms with Gasteiger partial charge in [-0.2, -0.15) is 0 Å². The number of carbonyl (C=O) groups is 3. The number of hydrogen-bond acceptors (Lipinski definition) is 7. The molecule has 1 saturated heterocycles. The molecule has 0 radical (unpaired) electrons. The molecule has 0 N–H and O–H groups in total. The summed E-state index contributed by atoms with van der Waals surface area (Å²) in [5.74, 6) is -2.54. The first-order chi connectivity index (χ1) is 24.3. The van der Waals surface area contributed by atoms with Crippen molar-refractivity contribution < 1.29 is 28.8 Å². The summed E-state index contributed by atoms with van der Waals surface area (Å²) in [5, 5.41) is 11.8. The molecule has 9 heteroatoms. The lowest BCUT2D eigenvalue weighted by Gasteiger charge is -2.39. The molecule has 0 unspecified atom stereocenters. The monoisotopic (exact) mass is 662 g/mol. The predicted octanol–water partition coefficient (Wildman–Crippen LogP) is 6.80. The van der Waals surface area contributed by atoms with Gasteiger partial charge in [-0.15, -0.1) is 0 Å². The third kappa shape index (κ3) is 3.97. The average molecular weight is 663 g/mol. The molecule has 2 fully saturated rings. The van der Waals surface area contributed by atoms with Crippen molar-refractivity contribution in [1.82, 2.24) is 0 Å². The zero-order valence-electron chi connectivity index (χ0n) is 27.1. The van der Waals surface area contributed by atoms with Gasteiger partial charge in [0.05, 0.1) is 47.5 Å². The molecular weight excluding hydrogens is 632 g/mol. The molecule has 3 aliphatic rings. The van der Waals surface area contributed by atoms with Crippen LogP contribution in [0.5, 0.6) is 11.5 Å². The smallest absolute Gasteiger partial charge is 0.271 e. The highest BCUT2D eigenvalue weighted by Crippen LogP contribution is 2.74. The lowest BCUT2D eigenvalue weighted by atomic mass is 9.59. The Morgan fingerprint density at radius 2 is 1.04 bits per heavy atom. The summed E-state index contributed by atoms with van der Waals surface area (Å²) in [5.41, 5.74) is 0.371. The number of fused-ring (bicyclic) bond motifs is 5. The average Bonchev–Trinajstić information content (AvgIpc) is 3.67. The number of imide groups is 1. The van der Waals surface area contributed by atoms with Crippen molar-refractivity contribution in [2.24, 2.45) is 11.8 Å². The summed E-state index contributed by atoms with van der Waals surface area (Å²) in [6.45, 7) is 0. The van der Waals surface area contributed by atoms with Crippen LogP contribution < -0.4 is 14.4 Å². The van der Waals surface area contributed by atoms with Crippen LogP contribution in [0.3, 0.4) is 0 Å². The van der Waals surface area contributed by atoms with Crippen molar-refractivity contribution in [3.05, 3.63) is 166 Å². The number of benzene rings is 5. The highest BCUT2D eigenvalue weighted by molar-refractivity contribution is 6.39. The minimum Gasteiger partial charge on any atom is -0.497 e. The Labute approximate surface area is 287 Å². The molecule has 4 atom stereocenters. The number of methoxy groups -OCH3 is 2. The normalized spacial score (nSPS) is 23.7. The summed E-state index contributed by atoms with van der Waals surface area (Å²) in [7, 11) is 3.15. The fourth-order valence-electron chi connectivity index (χ4n) is 8.64. The molecule has 2 bridgehead atoms. The van der Waals surface area contributed by atoms with Crippen molar-refractivity contribution in [3.8, 4) is 11.5 Å². The number of nitro benzene ring substituents is 1. The standard InChI is InChI=1S/C41H30N2O7/c1-49-31-20-16-25(17-21-31)33-34(26-18-22-32(50-2)23-19-26)41(28-12-7-4-8-13-28)36-35(40(33,39(41)46)27-10-5-3-6-11-27)37(44)42(38(36)45)29-14-9-15-30(24-29)43(47)48/h3-24,35-36H,1-2H3/t35-,36+,40-,41-/m1/s1. The summed E-state index contributed by atoms with van der Waals surface area (Å²) in [6, 6.07) is 38.6. The number of nitro groups is 1. The van der Waals surface area contributed by atoms with E-state index in [4.69, 9.17) is 9.47 Å². The topological polar surface area (TPSA) is 116 Å². The SMILES string of the molecule is COc1ccc(C2=C(c3ccc(OC)cc3)[C@@]3(c4ccccc4)C(=O)[C@@]2(c2ccccc2)[C@@H]2C(=O)N(c4cccc([N+](=O)[O-])c4)C(=O)[C@@H]23)cc1. The first-order valence-electron chi connectivity index (χ1n) is 16.1. The van der Waals surface area contributed by atoms with Gasteiger partial charge in [0.15, 0.2) is 5.78 Å². The van der Waals surface area contributed by atoms with Crippen LogP contribution in [0.15, 0.2) is 133 Å². The lowest BCUT2D eigenvalue weighted by molar-refractivity contribution is -0.384. The van der Waals surface area contributed by atoms with Gasteiger partial charge in [0.2, 0.25) is 11.8 Å². The maximum atomic E-state index is 16.0. The molecule has 9 nitrogen and oxygen atoms in total. The number of carbonyl (C=O) groups excluding carboxylic acids is 3. The van der Waals surface area contributed by atoms with Gasteiger partial charge in [-0.25, -0.2) is 4.90 Å². The second kappa shape index (κ2) is 11.4. The zero-order chi connectivity index (χ0) is 34.8. The molecule has 1 saturated carbocycles. The number of ether oxygens (including phenoxy) is 2. The number of nitrogens with zero attached hydrogens (tertiary/aromatic N) is 2. The number of allylic oxidation sites excluding steroid dienone is 2. The Bertz CT molecular complexity index is 2100. The van der Waals surface area contributed by atoms with Gasteiger partial charge in [-0.3, -0.25) is 24.5 Å². The van der Waals surface area contributed by atoms with Crippen LogP contribution in [-0.4, -0.2) is 36.7 Å². The molecule has 8 rings (SSSR count). The van der Waals surface area contributed by atoms with Crippen LogP contribution in [-0.2, 0) is 25.2 Å². The lowest BCUT2D eigenvalue weighted by Crippen LogP contribution is -2.45. The van der Waals surface area contributed by atoms with Crippen molar-refractivity contribution in [2.75, 3.05) is 19.1 Å². The van der Waals surface area contributed by atoms with Gasteiger partial charge in [-0.05, 0) is 63.7 Å². The molecule has 5 aromatic carbocycles. The summed E-state index contributed by atoms with van der Waals surface area (Å²) in [6.07, 6.45) is 0. The van der Waals surface area contributed by atoms with Gasteiger partial charge < -0.3 is 9.47 Å². The molecule has 2 amide bonds. The van der Waals surface area contributed by atoms with Gasteiger partial charge in [0.1, 0.15) is 11.5 Å². The van der Waals surface area contributed by atoms with Crippen LogP contribution >= 0.6 is 0 Å². The number of hydrogen-bond donors (Lipinski definition) is 0. The maximum Gasteiger partial charge on any atom is 0.271 e. The van der Waals surface area contributed by atoms with Crippen molar-refractivity contribution in [1.29, 1.82) is 0 Å². The van der Waals surface area contributed by atoms with E-state index in [1.165, 1.54) is 24.3 Å². The van der Waals surface area contributed by atoms with Crippen LogP contribution in [0, 0.1) is 22.0 Å². The second-order valence-electron chi connectivity index (χ2n) is 12.6. The van der Waals surface area contributed by atoms with Crippen LogP contribution in [0.2, 0.25) is 0 Å². The minimum absolute atomic E-state index is 0.0823. The highest BCUT2D eigenvalue weighted by atomic mass is 16.6. The largest absolute Gasteiger partial charge is 0.497 e. The fourth-order valence-corrected chi connectivity index (χ4v) is 8.64. The number of ketones is 1. The number of anilines is 1. The van der Waals surface area contributed by atoms with Crippen molar-refractivity contribution in [2.45, 2.75) is 10.8 Å². The van der Waals surface area contributed by atoms with E-state index in [0.29, 0.717) is 44.9 Å². The first-order valence-corrected chi connectivity index (χ1v) is 16.1. The predicted molar refractivity (Wildman–Crippen MR) is 187 cm³/mol. The summed E-state index contributed by atoms with van der Waals surface area (Å²) in [4.78, 5) is 58.5. The van der Waals surface area contributed by atoms with E-state index in [9.17, 15) is 10.1 Å². The van der Waals surface area contributed by atoms with Crippen LogP contribution in [0.4, 0.5) is 11.4 Å². The van der Waals surface area contributed by atoms with E-state index in [-0.39, 0.29) is 17.2 Å². The van der Waals surface area contributed by atoms with E-state index in [2.05, 4.69) is 0 Å². The third-order valence-corrected chi connectivity index (χ3v) is 10.5. The molecule has 0 spiro atoms. The molecule has 2 aliphatic carbocycles. The molecular formula is C41H30N2O7. The second-order valence-corrected chi connectivity index (χ2v) is 12.6. The molecule has 1 heterocycles. The first kappa shape index (κ1) is 31.0. The Hall–Kier alpha value is -6.35.